The molecule has 0 amide bonds. The number of rotatable bonds is 11. The van der Waals surface area contributed by atoms with E-state index < -0.39 is 52.4 Å². The number of alkyl halides is 5. The third-order valence-corrected chi connectivity index (χ3v) is 6.34. The normalized spacial score (nSPS) is 12.6. The predicted molar refractivity (Wildman–Crippen MR) is 142 cm³/mol. The lowest BCUT2D eigenvalue weighted by Gasteiger charge is -2.18. The van der Waals surface area contributed by atoms with Crippen LogP contribution in [0.4, 0.5) is 37.8 Å². The van der Waals surface area contributed by atoms with Crippen molar-refractivity contribution in [2.75, 3.05) is 23.8 Å². The molecule has 16 heteroatoms. The fourth-order valence-electron chi connectivity index (χ4n) is 4.34. The van der Waals surface area contributed by atoms with Crippen LogP contribution in [0.2, 0.25) is 0 Å². The molecule has 4 aromatic rings. The number of hydrogen-bond donors (Lipinski definition) is 4. The Balaban J connectivity index is 1.51. The van der Waals surface area contributed by atoms with Crippen molar-refractivity contribution in [3.63, 3.8) is 0 Å². The SMILES string of the molecule is C[C@@H](CCCn1ccc2cc(-c3ncc(C(F)F)c(NCCO)n3)c(F)cc2c1=O)Nc1cn[nH]c(=O)c1C(F)(F)F. The maximum absolute atomic E-state index is 15.1. The smallest absolute Gasteiger partial charge is 0.395 e. The molecule has 4 N–H and O–H groups in total. The summed E-state index contributed by atoms with van der Waals surface area (Å²) in [6.45, 7) is 1.37. The molecule has 0 saturated heterocycles. The summed E-state index contributed by atoms with van der Waals surface area (Å²) in [6, 6.07) is 3.36. The maximum atomic E-state index is 15.1. The summed E-state index contributed by atoms with van der Waals surface area (Å²) in [5.74, 6) is -1.32. The minimum Gasteiger partial charge on any atom is -0.395 e. The van der Waals surface area contributed by atoms with Crippen molar-refractivity contribution in [3.8, 4) is 11.4 Å². The minimum absolute atomic E-state index is 0.0390. The van der Waals surface area contributed by atoms with Gasteiger partial charge >= 0.3 is 6.18 Å². The molecule has 0 radical (unpaired) electrons. The van der Waals surface area contributed by atoms with Crippen molar-refractivity contribution >= 4 is 22.3 Å². The molecule has 10 nitrogen and oxygen atoms in total. The van der Waals surface area contributed by atoms with E-state index >= 15 is 4.39 Å². The maximum Gasteiger partial charge on any atom is 0.423 e. The molecule has 42 heavy (non-hydrogen) atoms. The summed E-state index contributed by atoms with van der Waals surface area (Å²) in [6.07, 6.45) is -3.90. The van der Waals surface area contributed by atoms with Crippen LogP contribution >= 0.6 is 0 Å². The number of hydrogen-bond acceptors (Lipinski definition) is 8. The van der Waals surface area contributed by atoms with Gasteiger partial charge in [0.15, 0.2) is 5.82 Å². The Hall–Kier alpha value is -4.47. The van der Waals surface area contributed by atoms with E-state index in [0.717, 1.165) is 18.5 Å². The number of aromatic amines is 1. The van der Waals surface area contributed by atoms with Crippen LogP contribution < -0.4 is 21.8 Å². The van der Waals surface area contributed by atoms with Crippen LogP contribution in [0.1, 0.15) is 37.3 Å². The molecule has 0 aliphatic carbocycles. The molecule has 3 aromatic heterocycles. The molecule has 1 atom stereocenters. The first-order valence-corrected chi connectivity index (χ1v) is 12.6. The predicted octanol–water partition coefficient (Wildman–Crippen LogP) is 4.32. The number of anilines is 2. The second-order valence-electron chi connectivity index (χ2n) is 9.36. The summed E-state index contributed by atoms with van der Waals surface area (Å²) < 4.78 is 82.9. The number of aliphatic hydroxyl groups is 1. The Morgan fingerprint density at radius 3 is 2.62 bits per heavy atom. The average Bonchev–Trinajstić information content (AvgIpc) is 2.92. The Labute approximate surface area is 233 Å². The van der Waals surface area contributed by atoms with E-state index in [1.807, 2.05) is 0 Å². The average molecular weight is 598 g/mol. The highest BCUT2D eigenvalue weighted by Gasteiger charge is 2.37. The molecule has 0 saturated carbocycles. The van der Waals surface area contributed by atoms with E-state index in [-0.39, 0.29) is 42.3 Å². The van der Waals surface area contributed by atoms with Crippen LogP contribution in [0.15, 0.2) is 46.4 Å². The first kappa shape index (κ1) is 30.5. The number of aromatic nitrogens is 5. The third kappa shape index (κ3) is 6.70. The van der Waals surface area contributed by atoms with Crippen molar-refractivity contribution in [2.24, 2.45) is 0 Å². The lowest BCUT2D eigenvalue weighted by molar-refractivity contribution is -0.138. The molecule has 0 aliphatic rings. The van der Waals surface area contributed by atoms with Crippen molar-refractivity contribution < 1.29 is 31.4 Å². The van der Waals surface area contributed by atoms with Gasteiger partial charge in [0.1, 0.15) is 17.2 Å². The summed E-state index contributed by atoms with van der Waals surface area (Å²) >= 11 is 0. The van der Waals surface area contributed by atoms with Crippen LogP contribution in [0.5, 0.6) is 0 Å². The highest BCUT2D eigenvalue weighted by molar-refractivity contribution is 5.86. The Kier molecular flexibility index (Phi) is 9.14. The van der Waals surface area contributed by atoms with Gasteiger partial charge in [0, 0.05) is 31.5 Å². The van der Waals surface area contributed by atoms with Gasteiger partial charge in [-0.1, -0.05) is 0 Å². The van der Waals surface area contributed by atoms with Gasteiger partial charge in [0.2, 0.25) is 0 Å². The highest BCUT2D eigenvalue weighted by Crippen LogP contribution is 2.32. The second-order valence-corrected chi connectivity index (χ2v) is 9.36. The van der Waals surface area contributed by atoms with Crippen LogP contribution in [0.25, 0.3) is 22.2 Å². The first-order chi connectivity index (χ1) is 19.9. The van der Waals surface area contributed by atoms with Crippen molar-refractivity contribution in [1.82, 2.24) is 24.7 Å². The van der Waals surface area contributed by atoms with Crippen LogP contribution in [-0.2, 0) is 12.7 Å². The lowest BCUT2D eigenvalue weighted by Crippen LogP contribution is -2.27. The van der Waals surface area contributed by atoms with Crippen molar-refractivity contribution in [1.29, 1.82) is 0 Å². The van der Waals surface area contributed by atoms with Crippen LogP contribution in [0, 0.1) is 5.82 Å². The zero-order chi connectivity index (χ0) is 30.6. The van der Waals surface area contributed by atoms with E-state index in [1.165, 1.54) is 16.8 Å². The summed E-state index contributed by atoms with van der Waals surface area (Å²) in [5.41, 5.74) is -4.37. The fourth-order valence-corrected chi connectivity index (χ4v) is 4.34. The van der Waals surface area contributed by atoms with Gasteiger partial charge in [-0.15, -0.1) is 0 Å². The summed E-state index contributed by atoms with van der Waals surface area (Å²) in [4.78, 5) is 32.5. The standard InChI is InChI=1S/C26H25F6N7O3/c1-13(36-19-12-35-38-24(41)20(19)26(30,31)32)3-2-6-39-7-4-14-9-16(18(27)10-15(14)25(39)42)22-34-11-17(21(28)29)23(37-22)33-5-8-40/h4,7,9-13,21,40H,2-3,5-6,8H2,1H3,(H,33,34,37)(H2,36,38,41)/t13-/m0/s1. The molecule has 0 fully saturated rings. The number of pyridine rings is 1. The highest BCUT2D eigenvalue weighted by atomic mass is 19.4. The van der Waals surface area contributed by atoms with Gasteiger partial charge in [-0.3, -0.25) is 9.59 Å². The zero-order valence-electron chi connectivity index (χ0n) is 22.0. The van der Waals surface area contributed by atoms with Crippen molar-refractivity contribution in [3.05, 3.63) is 74.4 Å². The summed E-state index contributed by atoms with van der Waals surface area (Å²) in [5, 5.41) is 19.7. The molecule has 0 aliphatic heterocycles. The molecule has 0 bridgehead atoms. The van der Waals surface area contributed by atoms with Crippen LogP contribution in [-0.4, -0.2) is 49.0 Å². The molecular weight excluding hydrogens is 572 g/mol. The van der Waals surface area contributed by atoms with Gasteiger partial charge in [-0.2, -0.15) is 18.3 Å². The van der Waals surface area contributed by atoms with E-state index in [2.05, 4.69) is 25.7 Å². The van der Waals surface area contributed by atoms with Gasteiger partial charge in [-0.05, 0) is 43.4 Å². The number of benzene rings is 1. The van der Waals surface area contributed by atoms with E-state index in [4.69, 9.17) is 5.11 Å². The van der Waals surface area contributed by atoms with Crippen molar-refractivity contribution in [2.45, 2.75) is 45.0 Å². The van der Waals surface area contributed by atoms with E-state index in [1.54, 1.807) is 18.1 Å². The minimum atomic E-state index is -4.88. The largest absolute Gasteiger partial charge is 0.423 e. The number of aryl methyl sites for hydroxylation is 1. The molecular formula is C26H25F6N7O3. The Morgan fingerprint density at radius 2 is 1.93 bits per heavy atom. The lowest BCUT2D eigenvalue weighted by atomic mass is 10.1. The fraction of sp³-hybridized carbons (Fsp3) is 0.346. The quantitative estimate of drug-likeness (QED) is 0.188. The number of H-pyrrole nitrogens is 1. The third-order valence-electron chi connectivity index (χ3n) is 6.34. The number of aliphatic hydroxyl groups excluding tert-OH is 1. The van der Waals surface area contributed by atoms with Crippen LogP contribution in [0.3, 0.4) is 0 Å². The number of nitrogens with one attached hydrogen (secondary N) is 3. The molecule has 0 unspecified atom stereocenters. The second kappa shape index (κ2) is 12.6. The molecule has 0 spiro atoms. The molecule has 4 rings (SSSR count). The molecule has 1 aromatic carbocycles. The number of fused-ring (bicyclic) bond motifs is 1. The molecule has 3 heterocycles. The van der Waals surface area contributed by atoms with E-state index in [0.29, 0.717) is 18.2 Å². The van der Waals surface area contributed by atoms with E-state index in [9.17, 15) is 31.5 Å². The van der Waals surface area contributed by atoms with Gasteiger partial charge < -0.3 is 20.3 Å². The summed E-state index contributed by atoms with van der Waals surface area (Å²) in [7, 11) is 0. The van der Waals surface area contributed by atoms with Gasteiger partial charge in [0.25, 0.3) is 17.5 Å². The monoisotopic (exact) mass is 597 g/mol. The topological polar surface area (TPSA) is 138 Å². The Bertz CT molecular complexity index is 1690. The Morgan fingerprint density at radius 1 is 1.17 bits per heavy atom. The number of halogens is 6. The van der Waals surface area contributed by atoms with Gasteiger partial charge in [-0.25, -0.2) is 28.2 Å². The number of nitrogens with zero attached hydrogens (tertiary/aromatic N) is 4. The zero-order valence-corrected chi connectivity index (χ0v) is 22.0. The first-order valence-electron chi connectivity index (χ1n) is 12.6. The molecule has 224 valence electrons. The van der Waals surface area contributed by atoms with Gasteiger partial charge in [0.05, 0.1) is 35.0 Å².